The van der Waals surface area contributed by atoms with E-state index >= 15 is 0 Å². The van der Waals surface area contributed by atoms with Gasteiger partial charge in [0.05, 0.1) is 6.42 Å². The first-order chi connectivity index (χ1) is 37.9. The number of nitrogens with one attached hydrogen (secondary N) is 9. The van der Waals surface area contributed by atoms with Crippen LogP contribution >= 0.6 is 0 Å². The van der Waals surface area contributed by atoms with E-state index in [0.717, 1.165) is 17.2 Å². The number of guanidine groups is 1. The molecule has 3 aliphatic heterocycles. The highest BCUT2D eigenvalue weighted by Gasteiger charge is 2.45. The van der Waals surface area contributed by atoms with Gasteiger partial charge in [-0.15, -0.1) is 0 Å². The van der Waals surface area contributed by atoms with Crippen LogP contribution in [0.2, 0.25) is 0 Å². The smallest absolute Gasteiger partial charge is 0.318 e. The lowest BCUT2D eigenvalue weighted by Crippen LogP contribution is -2.62. The van der Waals surface area contributed by atoms with E-state index in [1.54, 1.807) is 36.5 Å². The molecule has 2 saturated heterocycles. The monoisotopic (exact) mass is 1090 g/mol. The summed E-state index contributed by atoms with van der Waals surface area (Å²) in [5.74, 6) is -8.29. The molecular weight excluding hydrogens is 1020 g/mol. The van der Waals surface area contributed by atoms with Gasteiger partial charge in [0.25, 0.3) is 5.91 Å². The molecule has 0 spiro atoms. The zero-order valence-electron chi connectivity index (χ0n) is 44.3. The number of imide groups is 1. The predicted octanol–water partition coefficient (Wildman–Crippen LogP) is -0.976. The van der Waals surface area contributed by atoms with Crippen molar-refractivity contribution in [3.05, 3.63) is 71.9 Å². The number of hydrogen-bond acceptors (Lipinski definition) is 13. The molecule has 0 saturated carbocycles. The molecule has 4 heterocycles. The lowest BCUT2D eigenvalue weighted by Gasteiger charge is -2.31. The van der Waals surface area contributed by atoms with E-state index in [2.05, 4.69) is 62.5 Å². The first-order valence-corrected chi connectivity index (χ1v) is 26.6. The number of amides is 11. The van der Waals surface area contributed by atoms with Gasteiger partial charge in [0, 0.05) is 62.2 Å². The summed E-state index contributed by atoms with van der Waals surface area (Å²) < 4.78 is 0. The molecule has 79 heavy (non-hydrogen) atoms. The number of fused-ring (bicyclic) bond motifs is 2. The second kappa shape index (κ2) is 29.1. The maximum atomic E-state index is 14.8. The van der Waals surface area contributed by atoms with Crippen molar-refractivity contribution in [3.63, 3.8) is 0 Å². The fourth-order valence-electron chi connectivity index (χ4n) is 9.78. The Morgan fingerprint density at radius 2 is 1.57 bits per heavy atom. The average molecular weight is 1090 g/mol. The third kappa shape index (κ3) is 17.1. The Hall–Kier alpha value is -8.71. The normalized spacial score (nSPS) is 24.4. The number of aromatic amines is 1. The van der Waals surface area contributed by atoms with E-state index in [-0.39, 0.29) is 64.1 Å². The van der Waals surface area contributed by atoms with Crippen LogP contribution in [0, 0.1) is 0 Å². The van der Waals surface area contributed by atoms with Crippen LogP contribution in [-0.4, -0.2) is 156 Å². The van der Waals surface area contributed by atoms with Gasteiger partial charge < -0.3 is 64.3 Å². The van der Waals surface area contributed by atoms with Crippen molar-refractivity contribution in [2.24, 2.45) is 32.2 Å². The topological polar surface area (TPSA) is 401 Å². The fraction of sp³-hybridized carbons (Fsp3) is 0.491. The highest BCUT2D eigenvalue weighted by Crippen LogP contribution is 2.34. The van der Waals surface area contributed by atoms with E-state index in [4.69, 9.17) is 17.2 Å². The SMILES string of the molecule is CCCC[C@H](NC(C)=O)C(=O)N[C@@H]1CC(=O)NCCCCC[C@@H](C(N)=O)NC(=O)[C@H](Cc2c[nH]c3ccccc23)NC(=O)[C@H](CCCN=C(N)N)NC(=O)N2CC[C@@H](c3ccccc3)[C@@H]2C(=O)NC(=O)[C@@H](C2C=NC=N2)NC1=O. The standard InChI is InChI=1S/C53H72N16O10/c1-3-4-17-37(62-30(2)70)46(73)65-40-26-42(71)58-22-12-6-9-19-36(45(54)72)63-48(75)39(25-32-27-60-35-18-11-10-16-33(32)35)64-47(74)38(20-13-23-59-52(55)56)66-53(79)69-24-21-34(31-14-7-5-8-15-31)44(69)51(78)68-50(77)43(67-49(40)76)41-28-57-29-61-41/h5,7-8,10-11,14-16,18,27-29,34,36-41,43-44,60H,3-4,6,9,12-13,17,19-26H2,1-2H3,(H2,54,72)(H,58,71)(H,62,70)(H,63,75)(H,64,74)(H,65,73)(H,66,79)(H,67,76)(H4,55,56,59)(H,68,77,78)/t34-,36-,37-,38-,39-,40+,41?,43+,44+/m0/s1. The molecule has 1 aromatic heterocycles. The molecule has 0 aliphatic carbocycles. The maximum Gasteiger partial charge on any atom is 0.318 e. The van der Waals surface area contributed by atoms with Crippen molar-refractivity contribution in [2.45, 2.75) is 145 Å². The highest BCUT2D eigenvalue weighted by molar-refractivity contribution is 6.06. The van der Waals surface area contributed by atoms with Crippen LogP contribution in [0.25, 0.3) is 10.9 Å². The van der Waals surface area contributed by atoms with Crippen molar-refractivity contribution >= 4 is 88.6 Å². The minimum absolute atomic E-state index is 0.0406. The molecule has 3 aliphatic rings. The Balaban J connectivity index is 1.37. The zero-order valence-corrected chi connectivity index (χ0v) is 44.3. The van der Waals surface area contributed by atoms with Gasteiger partial charge in [-0.05, 0) is 55.7 Å². The Labute approximate surface area is 456 Å². The molecule has 1 unspecified atom stereocenters. The number of nitrogens with two attached hydrogens (primary N) is 3. The van der Waals surface area contributed by atoms with Crippen molar-refractivity contribution in [1.29, 1.82) is 0 Å². The molecule has 26 heteroatoms. The van der Waals surface area contributed by atoms with Gasteiger partial charge in [0.1, 0.15) is 54.7 Å². The number of nitrogens with zero attached hydrogens (tertiary/aromatic N) is 4. The largest absolute Gasteiger partial charge is 0.370 e. The van der Waals surface area contributed by atoms with E-state index in [9.17, 15) is 47.9 Å². The summed E-state index contributed by atoms with van der Waals surface area (Å²) >= 11 is 0. The zero-order chi connectivity index (χ0) is 57.0. The third-order valence-electron chi connectivity index (χ3n) is 13.9. The van der Waals surface area contributed by atoms with Gasteiger partial charge >= 0.3 is 6.03 Å². The molecule has 2 fully saturated rings. The molecule has 15 N–H and O–H groups in total. The number of rotatable bonds is 15. The predicted molar refractivity (Wildman–Crippen MR) is 293 cm³/mol. The summed E-state index contributed by atoms with van der Waals surface area (Å²) in [5, 5.41) is 21.8. The number of aromatic nitrogens is 1. The molecule has 9 atom stereocenters. The number of urea groups is 1. The quantitative estimate of drug-likeness (QED) is 0.0379. The van der Waals surface area contributed by atoms with Crippen LogP contribution in [0.4, 0.5) is 4.79 Å². The Morgan fingerprint density at radius 1 is 0.823 bits per heavy atom. The summed E-state index contributed by atoms with van der Waals surface area (Å²) in [7, 11) is 0. The number of benzene rings is 2. The van der Waals surface area contributed by atoms with Gasteiger partial charge in [-0.3, -0.25) is 58.5 Å². The van der Waals surface area contributed by atoms with Crippen molar-refractivity contribution < 1.29 is 47.9 Å². The number of primary amides is 1. The minimum atomic E-state index is -1.66. The molecule has 6 rings (SSSR count). The Kier molecular flexibility index (Phi) is 22.0. The van der Waals surface area contributed by atoms with Crippen LogP contribution in [0.5, 0.6) is 0 Å². The highest BCUT2D eigenvalue weighted by atomic mass is 16.2. The summed E-state index contributed by atoms with van der Waals surface area (Å²) in [6, 6.07) is 4.39. The second-order valence-corrected chi connectivity index (χ2v) is 19.7. The van der Waals surface area contributed by atoms with Gasteiger partial charge in [-0.2, -0.15) is 0 Å². The first-order valence-electron chi connectivity index (χ1n) is 26.6. The number of H-pyrrole nitrogens is 1. The summed E-state index contributed by atoms with van der Waals surface area (Å²) in [4.78, 5) is 156. The first kappa shape index (κ1) is 59.5. The summed E-state index contributed by atoms with van der Waals surface area (Å²) in [6.07, 6.45) is 6.36. The maximum absolute atomic E-state index is 14.8. The van der Waals surface area contributed by atoms with Crippen LogP contribution in [0.15, 0.2) is 75.8 Å². The molecular formula is C53H72N16O10. The second-order valence-electron chi connectivity index (χ2n) is 19.7. The Morgan fingerprint density at radius 3 is 2.28 bits per heavy atom. The number of para-hydroxylation sites is 1. The van der Waals surface area contributed by atoms with Crippen LogP contribution < -0.4 is 59.7 Å². The summed E-state index contributed by atoms with van der Waals surface area (Å²) in [6.45, 7) is 3.22. The van der Waals surface area contributed by atoms with Gasteiger partial charge in [0.2, 0.25) is 47.3 Å². The Bertz CT molecular complexity index is 2770. The van der Waals surface area contributed by atoms with Gasteiger partial charge in [-0.25, -0.2) is 9.79 Å². The molecule has 11 amide bonds. The number of carbonyl (C=O) groups excluding carboxylic acids is 10. The van der Waals surface area contributed by atoms with Crippen molar-refractivity contribution in [3.8, 4) is 0 Å². The van der Waals surface area contributed by atoms with E-state index < -0.39 is 120 Å². The number of carbonyl (C=O) groups is 10. The van der Waals surface area contributed by atoms with Gasteiger partial charge in [-0.1, -0.05) is 81.1 Å². The third-order valence-corrected chi connectivity index (χ3v) is 13.9. The van der Waals surface area contributed by atoms with Crippen LogP contribution in [0.1, 0.15) is 102 Å². The number of unbranched alkanes of at least 4 members (excludes halogenated alkanes) is 1. The fourth-order valence-corrected chi connectivity index (χ4v) is 9.78. The molecule has 3 aromatic rings. The number of aliphatic imine (C=N–C) groups is 3. The van der Waals surface area contributed by atoms with E-state index in [1.165, 1.54) is 18.0 Å². The number of hydrogen-bond donors (Lipinski definition) is 12. The molecule has 0 bridgehead atoms. The lowest BCUT2D eigenvalue weighted by molar-refractivity contribution is -0.137. The van der Waals surface area contributed by atoms with Crippen LogP contribution in [-0.2, 0) is 49.6 Å². The average Bonchev–Trinajstić information content (AvgIpc) is 4.25. The summed E-state index contributed by atoms with van der Waals surface area (Å²) in [5.41, 5.74) is 19.1. The van der Waals surface area contributed by atoms with Crippen LogP contribution in [0.3, 0.4) is 0 Å². The van der Waals surface area contributed by atoms with Crippen molar-refractivity contribution in [2.75, 3.05) is 19.6 Å². The molecule has 0 radical (unpaired) electrons. The van der Waals surface area contributed by atoms with Gasteiger partial charge in [0.15, 0.2) is 5.96 Å². The molecule has 26 nitrogen and oxygen atoms in total. The minimum Gasteiger partial charge on any atom is -0.370 e. The van der Waals surface area contributed by atoms with Crippen molar-refractivity contribution in [1.82, 2.24) is 52.4 Å². The van der Waals surface area contributed by atoms with E-state index in [1.807, 2.05) is 31.2 Å². The lowest BCUT2D eigenvalue weighted by atomic mass is 9.91. The molecule has 424 valence electrons. The van der Waals surface area contributed by atoms with E-state index in [0.29, 0.717) is 43.2 Å². The molecule has 2 aromatic carbocycles.